The van der Waals surface area contributed by atoms with Crippen LogP contribution in [0.3, 0.4) is 0 Å². The van der Waals surface area contributed by atoms with E-state index in [2.05, 4.69) is 161 Å². The van der Waals surface area contributed by atoms with Crippen LogP contribution in [-0.4, -0.2) is 4.57 Å². The van der Waals surface area contributed by atoms with E-state index < -0.39 is 0 Å². The lowest BCUT2D eigenvalue weighted by molar-refractivity contribution is 0.590. The molecule has 2 heteroatoms. The number of rotatable bonds is 3. The minimum absolute atomic E-state index is 0.0851. The molecule has 0 aliphatic heterocycles. The van der Waals surface area contributed by atoms with E-state index >= 15 is 0 Å². The van der Waals surface area contributed by atoms with Crippen LogP contribution in [0.25, 0.3) is 71.7 Å². The molecule has 0 bridgehead atoms. The smallest absolute Gasteiger partial charge is 0.135 e. The van der Waals surface area contributed by atoms with Crippen LogP contribution >= 0.6 is 0 Å². The normalized spacial score (nSPS) is 12.6. The van der Waals surface area contributed by atoms with Gasteiger partial charge in [0.25, 0.3) is 0 Å². The zero-order valence-electron chi connectivity index (χ0n) is 27.5. The van der Waals surface area contributed by atoms with Gasteiger partial charge in [-0.15, -0.1) is 0 Å². The third-order valence-corrected chi connectivity index (χ3v) is 9.55. The highest BCUT2D eigenvalue weighted by Gasteiger charge is 2.21. The predicted molar refractivity (Wildman–Crippen MR) is 196 cm³/mol. The molecule has 2 aromatic heterocycles. The zero-order valence-corrected chi connectivity index (χ0v) is 27.5. The Bertz CT molecular complexity index is 2330. The second-order valence-corrected chi connectivity index (χ2v) is 14.7. The Labute approximate surface area is 270 Å². The van der Waals surface area contributed by atoms with E-state index in [1.807, 2.05) is 12.1 Å². The Balaban J connectivity index is 1.16. The van der Waals surface area contributed by atoms with Gasteiger partial charge >= 0.3 is 0 Å². The molecule has 8 aromatic rings. The molecule has 0 N–H and O–H groups in total. The minimum atomic E-state index is 0.0851. The molecule has 0 saturated carbocycles. The lowest BCUT2D eigenvalue weighted by atomic mass is 9.85. The molecule has 6 aromatic carbocycles. The van der Waals surface area contributed by atoms with Gasteiger partial charge in [0.15, 0.2) is 0 Å². The van der Waals surface area contributed by atoms with Gasteiger partial charge in [0.05, 0.1) is 11.0 Å². The summed E-state index contributed by atoms with van der Waals surface area (Å²) in [6.45, 7) is 13.7. The van der Waals surface area contributed by atoms with Gasteiger partial charge in [-0.1, -0.05) is 114 Å². The van der Waals surface area contributed by atoms with E-state index in [1.165, 1.54) is 60.9 Å². The average molecular weight is 598 g/mol. The topological polar surface area (TPSA) is 18.1 Å². The molecule has 0 aliphatic rings. The molecule has 2 nitrogen and oxygen atoms in total. The number of hydrogen-bond acceptors (Lipinski definition) is 1. The van der Waals surface area contributed by atoms with E-state index in [4.69, 9.17) is 4.42 Å². The SMILES string of the molecule is CC(C)(C)c1ccc2c(c1)c1cc(C(C)(C)C)ccc1n2-c1ccc(-c2ccc(-c3ccc4oc5ccccc5c4c3)cc2)cc1. The van der Waals surface area contributed by atoms with Crippen LogP contribution in [0.15, 0.2) is 132 Å². The van der Waals surface area contributed by atoms with Crippen LogP contribution in [0.2, 0.25) is 0 Å². The van der Waals surface area contributed by atoms with Gasteiger partial charge in [0, 0.05) is 27.2 Å². The first-order chi connectivity index (χ1) is 22.0. The van der Waals surface area contributed by atoms with E-state index in [-0.39, 0.29) is 10.8 Å². The molecule has 0 unspecified atom stereocenters. The van der Waals surface area contributed by atoms with Crippen molar-refractivity contribution in [3.63, 3.8) is 0 Å². The quantitative estimate of drug-likeness (QED) is 0.198. The predicted octanol–water partition coefficient (Wildman–Crippen LogP) is 12.6. The van der Waals surface area contributed by atoms with Crippen LogP contribution < -0.4 is 0 Å². The molecule has 0 spiro atoms. The van der Waals surface area contributed by atoms with Crippen molar-refractivity contribution in [3.8, 4) is 27.9 Å². The van der Waals surface area contributed by atoms with Crippen molar-refractivity contribution < 1.29 is 4.42 Å². The van der Waals surface area contributed by atoms with Gasteiger partial charge in [-0.25, -0.2) is 0 Å². The fraction of sp³-hybridized carbons (Fsp3) is 0.182. The maximum absolute atomic E-state index is 6.04. The Hall–Kier alpha value is -5.08. The average Bonchev–Trinajstić information content (AvgIpc) is 3.59. The lowest BCUT2D eigenvalue weighted by Gasteiger charge is -2.19. The monoisotopic (exact) mass is 597 g/mol. The van der Waals surface area contributed by atoms with E-state index in [0.717, 1.165) is 21.9 Å². The van der Waals surface area contributed by atoms with Crippen LogP contribution in [0.5, 0.6) is 0 Å². The molecule has 0 radical (unpaired) electrons. The third-order valence-electron chi connectivity index (χ3n) is 9.55. The third kappa shape index (κ3) is 4.72. The summed E-state index contributed by atoms with van der Waals surface area (Å²) in [6.07, 6.45) is 0. The van der Waals surface area contributed by atoms with Gasteiger partial charge in [-0.2, -0.15) is 0 Å². The van der Waals surface area contributed by atoms with E-state index in [1.54, 1.807) is 0 Å². The highest BCUT2D eigenvalue weighted by molar-refractivity contribution is 6.10. The number of nitrogens with zero attached hydrogens (tertiary/aromatic N) is 1. The number of fused-ring (bicyclic) bond motifs is 6. The molecule has 0 atom stereocenters. The largest absolute Gasteiger partial charge is 0.456 e. The standard InChI is InChI=1S/C44H39NO/c1-43(2,3)32-18-22-39-36(26-32)37-27-33(44(4,5)6)19-23-40(37)45(39)34-20-15-29(16-21-34)28-11-13-30(14-12-28)31-17-24-42-38(25-31)35-9-7-8-10-41(35)46-42/h7-27H,1-6H3. The lowest BCUT2D eigenvalue weighted by Crippen LogP contribution is -2.10. The summed E-state index contributed by atoms with van der Waals surface area (Å²) in [6, 6.07) is 46.7. The zero-order chi connectivity index (χ0) is 31.8. The summed E-state index contributed by atoms with van der Waals surface area (Å²) in [4.78, 5) is 0. The summed E-state index contributed by atoms with van der Waals surface area (Å²) in [5.74, 6) is 0. The van der Waals surface area contributed by atoms with Gasteiger partial charge in [0.2, 0.25) is 0 Å². The molecule has 0 aliphatic carbocycles. The van der Waals surface area contributed by atoms with Crippen LogP contribution in [0, 0.1) is 0 Å². The summed E-state index contributed by atoms with van der Waals surface area (Å²) >= 11 is 0. The number of furan rings is 1. The van der Waals surface area contributed by atoms with Gasteiger partial charge in [-0.3, -0.25) is 0 Å². The second-order valence-electron chi connectivity index (χ2n) is 14.7. The molecule has 0 fully saturated rings. The Morgan fingerprint density at radius 3 is 1.46 bits per heavy atom. The highest BCUT2D eigenvalue weighted by Crippen LogP contribution is 2.38. The number of para-hydroxylation sites is 1. The van der Waals surface area contributed by atoms with Crippen molar-refractivity contribution in [2.45, 2.75) is 52.4 Å². The maximum atomic E-state index is 6.04. The molecular formula is C44H39NO. The number of hydrogen-bond donors (Lipinski definition) is 0. The first-order valence-corrected chi connectivity index (χ1v) is 16.3. The molecule has 8 rings (SSSR count). The number of benzene rings is 6. The molecule has 2 heterocycles. The maximum Gasteiger partial charge on any atom is 0.135 e. The molecule has 226 valence electrons. The first-order valence-electron chi connectivity index (χ1n) is 16.3. The number of aromatic nitrogens is 1. The van der Waals surface area contributed by atoms with Gasteiger partial charge in [0.1, 0.15) is 11.2 Å². The summed E-state index contributed by atoms with van der Waals surface area (Å²) in [5.41, 5.74) is 13.2. The van der Waals surface area contributed by atoms with E-state index in [9.17, 15) is 0 Å². The Morgan fingerprint density at radius 1 is 0.413 bits per heavy atom. The van der Waals surface area contributed by atoms with Crippen molar-refractivity contribution in [2.75, 3.05) is 0 Å². The molecule has 0 saturated heterocycles. The second kappa shape index (κ2) is 10.2. The summed E-state index contributed by atoms with van der Waals surface area (Å²) in [7, 11) is 0. The van der Waals surface area contributed by atoms with Crippen molar-refractivity contribution >= 4 is 43.7 Å². The van der Waals surface area contributed by atoms with Crippen molar-refractivity contribution in [3.05, 3.63) is 139 Å². The fourth-order valence-corrected chi connectivity index (χ4v) is 6.80. The van der Waals surface area contributed by atoms with E-state index in [0.29, 0.717) is 0 Å². The Morgan fingerprint density at radius 2 is 0.891 bits per heavy atom. The molecule has 46 heavy (non-hydrogen) atoms. The first kappa shape index (κ1) is 28.4. The Kier molecular flexibility index (Phi) is 6.31. The van der Waals surface area contributed by atoms with Crippen LogP contribution in [-0.2, 0) is 10.8 Å². The fourth-order valence-electron chi connectivity index (χ4n) is 6.80. The van der Waals surface area contributed by atoms with Gasteiger partial charge in [-0.05, 0) is 98.8 Å². The minimum Gasteiger partial charge on any atom is -0.456 e. The summed E-state index contributed by atoms with van der Waals surface area (Å²) in [5, 5.41) is 4.94. The van der Waals surface area contributed by atoms with Crippen molar-refractivity contribution in [1.82, 2.24) is 4.57 Å². The van der Waals surface area contributed by atoms with Crippen LogP contribution in [0.4, 0.5) is 0 Å². The molecule has 0 amide bonds. The summed E-state index contributed by atoms with van der Waals surface area (Å²) < 4.78 is 8.46. The van der Waals surface area contributed by atoms with Gasteiger partial charge < -0.3 is 8.98 Å². The highest BCUT2D eigenvalue weighted by atomic mass is 16.3. The van der Waals surface area contributed by atoms with Crippen molar-refractivity contribution in [2.24, 2.45) is 0 Å². The van der Waals surface area contributed by atoms with Crippen LogP contribution in [0.1, 0.15) is 52.7 Å². The molecular weight excluding hydrogens is 558 g/mol. The van der Waals surface area contributed by atoms with Crippen molar-refractivity contribution in [1.29, 1.82) is 0 Å².